The van der Waals surface area contributed by atoms with E-state index in [0.29, 0.717) is 19.1 Å². The molecule has 0 amide bonds. The fourth-order valence-electron chi connectivity index (χ4n) is 2.79. The Morgan fingerprint density at radius 2 is 2.14 bits per heavy atom. The minimum Gasteiger partial charge on any atom is -0.394 e. The maximum atomic E-state index is 9.37. The van der Waals surface area contributed by atoms with E-state index in [-0.39, 0.29) is 18.8 Å². The van der Waals surface area contributed by atoms with Crippen molar-refractivity contribution in [3.05, 3.63) is 11.4 Å². The van der Waals surface area contributed by atoms with Gasteiger partial charge in [0.2, 0.25) is 0 Å². The van der Waals surface area contributed by atoms with E-state index < -0.39 is 0 Å². The van der Waals surface area contributed by atoms with E-state index in [4.69, 9.17) is 9.72 Å². The van der Waals surface area contributed by atoms with Gasteiger partial charge in [0.1, 0.15) is 17.5 Å². The normalized spacial score (nSPS) is 26.0. The highest BCUT2D eigenvalue weighted by atomic mass is 16.5. The summed E-state index contributed by atoms with van der Waals surface area (Å²) < 4.78 is 5.63. The number of hydrogen-bond donors (Lipinski definition) is 2. The van der Waals surface area contributed by atoms with E-state index in [9.17, 15) is 5.11 Å². The zero-order valence-electron chi connectivity index (χ0n) is 13.0. The van der Waals surface area contributed by atoms with Gasteiger partial charge in [0.15, 0.2) is 0 Å². The smallest absolute Gasteiger partial charge is 0.137 e. The molecule has 1 saturated carbocycles. The van der Waals surface area contributed by atoms with Gasteiger partial charge >= 0.3 is 0 Å². The lowest BCUT2D eigenvalue weighted by molar-refractivity contribution is -0.0106. The predicted octanol–water partition coefficient (Wildman–Crippen LogP) is 1.29. The lowest BCUT2D eigenvalue weighted by atomic mass is 10.1. The first-order valence-electron chi connectivity index (χ1n) is 7.69. The molecule has 1 aromatic heterocycles. The van der Waals surface area contributed by atoms with Gasteiger partial charge in [0, 0.05) is 25.1 Å². The number of anilines is 2. The molecule has 2 fully saturated rings. The molecule has 2 heterocycles. The highest BCUT2D eigenvalue weighted by molar-refractivity contribution is 5.59. The number of nitrogens with zero attached hydrogens (tertiary/aromatic N) is 3. The van der Waals surface area contributed by atoms with Gasteiger partial charge in [0.25, 0.3) is 0 Å². The van der Waals surface area contributed by atoms with Crippen molar-refractivity contribution < 1.29 is 9.84 Å². The SMILES string of the molecule is CNc1nc(C2CC2)nc(N2CC(CO)OCC2C)c1C. The van der Waals surface area contributed by atoms with Gasteiger partial charge in [-0.2, -0.15) is 0 Å². The molecule has 2 N–H and O–H groups in total. The first-order chi connectivity index (χ1) is 10.1. The van der Waals surface area contributed by atoms with Crippen molar-refractivity contribution in [2.75, 3.05) is 37.0 Å². The van der Waals surface area contributed by atoms with E-state index >= 15 is 0 Å². The van der Waals surface area contributed by atoms with E-state index in [1.54, 1.807) is 0 Å². The van der Waals surface area contributed by atoms with Gasteiger partial charge in [-0.05, 0) is 26.7 Å². The molecule has 6 nitrogen and oxygen atoms in total. The van der Waals surface area contributed by atoms with Crippen LogP contribution in [0.2, 0.25) is 0 Å². The molecule has 0 radical (unpaired) electrons. The molecule has 2 unspecified atom stereocenters. The Kier molecular flexibility index (Phi) is 3.99. The Morgan fingerprint density at radius 3 is 2.76 bits per heavy atom. The standard InChI is InChI=1S/C15H24N4O2/c1-9-8-21-12(7-20)6-19(9)15-10(2)13(16-3)17-14(18-15)11-4-5-11/h9,11-12,20H,4-8H2,1-3H3,(H,16,17,18). The summed E-state index contributed by atoms with van der Waals surface area (Å²) >= 11 is 0. The van der Waals surface area contributed by atoms with Gasteiger partial charge in [-0.1, -0.05) is 0 Å². The molecule has 1 aliphatic carbocycles. The quantitative estimate of drug-likeness (QED) is 0.871. The third-order valence-corrected chi connectivity index (χ3v) is 4.30. The van der Waals surface area contributed by atoms with Crippen molar-refractivity contribution in [3.8, 4) is 0 Å². The van der Waals surface area contributed by atoms with E-state index in [0.717, 1.165) is 23.0 Å². The van der Waals surface area contributed by atoms with Crippen LogP contribution in [0, 0.1) is 6.92 Å². The van der Waals surface area contributed by atoms with Crippen molar-refractivity contribution in [2.45, 2.75) is 44.8 Å². The Morgan fingerprint density at radius 1 is 1.38 bits per heavy atom. The third-order valence-electron chi connectivity index (χ3n) is 4.30. The minimum atomic E-state index is -0.141. The number of aliphatic hydroxyl groups excluding tert-OH is 1. The van der Waals surface area contributed by atoms with Crippen LogP contribution in [0.5, 0.6) is 0 Å². The second kappa shape index (κ2) is 5.77. The Balaban J connectivity index is 1.97. The first kappa shape index (κ1) is 14.5. The highest BCUT2D eigenvalue weighted by Crippen LogP contribution is 2.40. The fourth-order valence-corrected chi connectivity index (χ4v) is 2.79. The molecule has 116 valence electrons. The molecule has 3 rings (SSSR count). The van der Waals surface area contributed by atoms with Crippen LogP contribution in [-0.2, 0) is 4.74 Å². The van der Waals surface area contributed by atoms with Crippen LogP contribution < -0.4 is 10.2 Å². The molecule has 0 bridgehead atoms. The van der Waals surface area contributed by atoms with Crippen LogP contribution >= 0.6 is 0 Å². The lowest BCUT2D eigenvalue weighted by Crippen LogP contribution is -2.50. The minimum absolute atomic E-state index is 0.0434. The first-order valence-corrected chi connectivity index (χ1v) is 7.69. The third kappa shape index (κ3) is 2.82. The summed E-state index contributed by atoms with van der Waals surface area (Å²) in [4.78, 5) is 11.7. The average molecular weight is 292 g/mol. The second-order valence-corrected chi connectivity index (χ2v) is 6.04. The summed E-state index contributed by atoms with van der Waals surface area (Å²) in [5.41, 5.74) is 1.06. The number of hydrogen-bond acceptors (Lipinski definition) is 6. The number of ether oxygens (including phenoxy) is 1. The molecule has 21 heavy (non-hydrogen) atoms. The maximum absolute atomic E-state index is 9.37. The summed E-state index contributed by atoms with van der Waals surface area (Å²) in [5.74, 6) is 3.34. The van der Waals surface area contributed by atoms with E-state index in [1.807, 2.05) is 14.0 Å². The molecule has 2 aliphatic rings. The van der Waals surface area contributed by atoms with Crippen LogP contribution in [0.15, 0.2) is 0 Å². The monoisotopic (exact) mass is 292 g/mol. The Bertz CT molecular complexity index is 519. The molecule has 0 spiro atoms. The summed E-state index contributed by atoms with van der Waals surface area (Å²) in [5, 5.41) is 12.5. The highest BCUT2D eigenvalue weighted by Gasteiger charge is 2.32. The molecule has 1 aromatic rings. The Labute approximate surface area is 125 Å². The van der Waals surface area contributed by atoms with Gasteiger partial charge in [-0.3, -0.25) is 0 Å². The number of rotatable bonds is 4. The fraction of sp³-hybridized carbons (Fsp3) is 0.733. The topological polar surface area (TPSA) is 70.5 Å². The largest absolute Gasteiger partial charge is 0.394 e. The number of aliphatic hydroxyl groups is 1. The van der Waals surface area contributed by atoms with E-state index in [1.165, 1.54) is 12.8 Å². The van der Waals surface area contributed by atoms with Crippen molar-refractivity contribution in [2.24, 2.45) is 0 Å². The number of nitrogens with one attached hydrogen (secondary N) is 1. The molecule has 6 heteroatoms. The summed E-state index contributed by atoms with van der Waals surface area (Å²) in [6.45, 7) is 5.51. The van der Waals surface area contributed by atoms with Crippen molar-refractivity contribution in [3.63, 3.8) is 0 Å². The summed E-state index contributed by atoms with van der Waals surface area (Å²) in [7, 11) is 1.90. The van der Waals surface area contributed by atoms with Crippen LogP contribution in [0.4, 0.5) is 11.6 Å². The molecular weight excluding hydrogens is 268 g/mol. The van der Waals surface area contributed by atoms with Crippen molar-refractivity contribution in [1.29, 1.82) is 0 Å². The van der Waals surface area contributed by atoms with Gasteiger partial charge < -0.3 is 20.1 Å². The van der Waals surface area contributed by atoms with E-state index in [2.05, 4.69) is 22.1 Å². The lowest BCUT2D eigenvalue weighted by Gasteiger charge is -2.39. The van der Waals surface area contributed by atoms with Crippen molar-refractivity contribution in [1.82, 2.24) is 9.97 Å². The zero-order chi connectivity index (χ0) is 15.0. The zero-order valence-corrected chi connectivity index (χ0v) is 13.0. The Hall–Kier alpha value is -1.40. The van der Waals surface area contributed by atoms with Gasteiger partial charge in [-0.15, -0.1) is 0 Å². The summed E-state index contributed by atoms with van der Waals surface area (Å²) in [6.07, 6.45) is 2.23. The van der Waals surface area contributed by atoms with Gasteiger partial charge in [0.05, 0.1) is 25.4 Å². The van der Waals surface area contributed by atoms with Gasteiger partial charge in [-0.25, -0.2) is 9.97 Å². The number of aromatic nitrogens is 2. The van der Waals surface area contributed by atoms with Crippen LogP contribution in [0.1, 0.15) is 37.1 Å². The maximum Gasteiger partial charge on any atom is 0.137 e. The molecule has 0 aromatic carbocycles. The van der Waals surface area contributed by atoms with Crippen LogP contribution in [0.25, 0.3) is 0 Å². The second-order valence-electron chi connectivity index (χ2n) is 6.04. The molecular formula is C15H24N4O2. The van der Waals surface area contributed by atoms with Crippen molar-refractivity contribution >= 4 is 11.6 Å². The molecule has 1 saturated heterocycles. The molecule has 1 aliphatic heterocycles. The predicted molar refractivity (Wildman–Crippen MR) is 81.9 cm³/mol. The van der Waals surface area contributed by atoms with Crippen LogP contribution in [0.3, 0.4) is 0 Å². The average Bonchev–Trinajstić information content (AvgIpc) is 3.33. The molecule has 2 atom stereocenters. The number of morpholine rings is 1. The van der Waals surface area contributed by atoms with Crippen LogP contribution in [-0.4, -0.2) is 54.0 Å². The summed E-state index contributed by atoms with van der Waals surface area (Å²) in [6, 6.07) is 0.248.